The molecule has 0 saturated heterocycles. The van der Waals surface area contributed by atoms with E-state index in [9.17, 15) is 13.9 Å². The van der Waals surface area contributed by atoms with Crippen LogP contribution in [0.5, 0.6) is 0 Å². The number of thiophene rings is 1. The van der Waals surface area contributed by atoms with E-state index in [4.69, 9.17) is 11.6 Å². The van der Waals surface area contributed by atoms with Crippen LogP contribution in [0.25, 0.3) is 0 Å². The average Bonchev–Trinajstić information content (AvgIpc) is 2.62. The van der Waals surface area contributed by atoms with Crippen molar-refractivity contribution in [2.24, 2.45) is 0 Å². The molecule has 17 heavy (non-hydrogen) atoms. The molecule has 1 aromatic carbocycles. The van der Waals surface area contributed by atoms with Gasteiger partial charge < -0.3 is 5.11 Å². The molecule has 0 bridgehead atoms. The number of halogens is 3. The zero-order chi connectivity index (χ0) is 12.6. The molecule has 1 unspecified atom stereocenters. The van der Waals surface area contributed by atoms with Gasteiger partial charge in [-0.25, -0.2) is 8.78 Å². The number of aliphatic hydroxyl groups excluding tert-OH is 1. The Morgan fingerprint density at radius 3 is 2.65 bits per heavy atom. The minimum absolute atomic E-state index is 0.0806. The molecule has 1 nitrogen and oxygen atoms in total. The zero-order valence-electron chi connectivity index (χ0n) is 8.88. The van der Waals surface area contributed by atoms with Gasteiger partial charge in [-0.1, -0.05) is 23.7 Å². The van der Waals surface area contributed by atoms with E-state index in [1.54, 1.807) is 13.0 Å². The molecule has 0 radical (unpaired) electrons. The Bertz CT molecular complexity index is 534. The van der Waals surface area contributed by atoms with Crippen LogP contribution in [0, 0.1) is 18.6 Å². The summed E-state index contributed by atoms with van der Waals surface area (Å²) in [5.74, 6) is -2.00. The predicted molar refractivity (Wildman–Crippen MR) is 64.5 cm³/mol. The van der Waals surface area contributed by atoms with Gasteiger partial charge in [-0.15, -0.1) is 11.3 Å². The summed E-state index contributed by atoms with van der Waals surface area (Å²) in [6, 6.07) is 5.39. The minimum atomic E-state index is -1.19. The lowest BCUT2D eigenvalue weighted by molar-refractivity contribution is 0.217. The van der Waals surface area contributed by atoms with Crippen molar-refractivity contribution in [3.05, 3.63) is 56.2 Å². The van der Waals surface area contributed by atoms with Crippen LogP contribution in [0.2, 0.25) is 4.34 Å². The summed E-state index contributed by atoms with van der Waals surface area (Å²) >= 11 is 7.03. The van der Waals surface area contributed by atoms with Crippen LogP contribution in [-0.4, -0.2) is 5.11 Å². The molecule has 1 atom stereocenters. The van der Waals surface area contributed by atoms with Crippen molar-refractivity contribution in [2.75, 3.05) is 0 Å². The molecule has 90 valence electrons. The lowest BCUT2D eigenvalue weighted by Crippen LogP contribution is -2.02. The van der Waals surface area contributed by atoms with Crippen LogP contribution in [-0.2, 0) is 0 Å². The maximum absolute atomic E-state index is 13.5. The number of aryl methyl sites for hydroxylation is 1. The predicted octanol–water partition coefficient (Wildman–Crippen LogP) is 4.07. The van der Waals surface area contributed by atoms with Crippen molar-refractivity contribution < 1.29 is 13.9 Å². The molecule has 2 aromatic rings. The number of rotatable bonds is 2. The second-order valence-corrected chi connectivity index (χ2v) is 5.34. The van der Waals surface area contributed by atoms with Gasteiger partial charge in [0.1, 0.15) is 6.10 Å². The van der Waals surface area contributed by atoms with Gasteiger partial charge in [0.05, 0.1) is 4.34 Å². The molecule has 0 amide bonds. The number of aliphatic hydroxyl groups is 1. The smallest absolute Gasteiger partial charge is 0.164 e. The Hall–Kier alpha value is -0.970. The van der Waals surface area contributed by atoms with E-state index in [0.717, 1.165) is 23.0 Å². The van der Waals surface area contributed by atoms with Gasteiger partial charge in [0.15, 0.2) is 11.6 Å². The number of hydrogen-bond acceptors (Lipinski definition) is 2. The van der Waals surface area contributed by atoms with Gasteiger partial charge in [-0.2, -0.15) is 0 Å². The van der Waals surface area contributed by atoms with Gasteiger partial charge in [-0.3, -0.25) is 0 Å². The van der Waals surface area contributed by atoms with Crippen molar-refractivity contribution >= 4 is 22.9 Å². The second-order valence-electron chi connectivity index (χ2n) is 3.65. The van der Waals surface area contributed by atoms with Crippen molar-refractivity contribution in [1.29, 1.82) is 0 Å². The van der Waals surface area contributed by atoms with Crippen LogP contribution in [0.3, 0.4) is 0 Å². The van der Waals surface area contributed by atoms with Crippen LogP contribution in [0.1, 0.15) is 22.1 Å². The molecule has 0 fully saturated rings. The Morgan fingerprint density at radius 1 is 1.35 bits per heavy atom. The van der Waals surface area contributed by atoms with Gasteiger partial charge in [0.2, 0.25) is 0 Å². The first-order chi connectivity index (χ1) is 8.00. The highest BCUT2D eigenvalue weighted by atomic mass is 35.5. The van der Waals surface area contributed by atoms with Crippen LogP contribution >= 0.6 is 22.9 Å². The molecule has 0 aliphatic heterocycles. The van der Waals surface area contributed by atoms with Crippen LogP contribution in [0.4, 0.5) is 8.78 Å². The number of benzene rings is 1. The van der Waals surface area contributed by atoms with E-state index in [0.29, 0.717) is 9.21 Å². The standard InChI is InChI=1S/C12H9ClF2OS/c1-6-5-9(17-12(6)13)11(16)7-3-2-4-8(14)10(7)15/h2-5,11,16H,1H3. The topological polar surface area (TPSA) is 20.2 Å². The second kappa shape index (κ2) is 4.72. The highest BCUT2D eigenvalue weighted by molar-refractivity contribution is 7.16. The van der Waals surface area contributed by atoms with Crippen LogP contribution < -0.4 is 0 Å². The van der Waals surface area contributed by atoms with Crippen molar-refractivity contribution in [3.8, 4) is 0 Å². The molecule has 0 aliphatic carbocycles. The Labute approximate surface area is 106 Å². The van der Waals surface area contributed by atoms with E-state index >= 15 is 0 Å². The van der Waals surface area contributed by atoms with E-state index in [2.05, 4.69) is 0 Å². The fraction of sp³-hybridized carbons (Fsp3) is 0.167. The molecular formula is C12H9ClF2OS. The third-order valence-corrected chi connectivity index (χ3v) is 4.03. The molecule has 1 aromatic heterocycles. The molecule has 1 heterocycles. The van der Waals surface area contributed by atoms with E-state index in [1.807, 2.05) is 0 Å². The minimum Gasteiger partial charge on any atom is -0.383 e. The Balaban J connectivity index is 2.43. The van der Waals surface area contributed by atoms with E-state index in [1.165, 1.54) is 12.1 Å². The van der Waals surface area contributed by atoms with Gasteiger partial charge in [0, 0.05) is 10.4 Å². The Kier molecular flexibility index (Phi) is 3.47. The summed E-state index contributed by atoms with van der Waals surface area (Å²) in [6.07, 6.45) is -1.19. The highest BCUT2D eigenvalue weighted by Gasteiger charge is 2.19. The van der Waals surface area contributed by atoms with Crippen molar-refractivity contribution in [1.82, 2.24) is 0 Å². The van der Waals surface area contributed by atoms with E-state index in [-0.39, 0.29) is 5.56 Å². The van der Waals surface area contributed by atoms with Crippen LogP contribution in [0.15, 0.2) is 24.3 Å². The molecule has 1 N–H and O–H groups in total. The quantitative estimate of drug-likeness (QED) is 0.875. The molecule has 0 spiro atoms. The molecule has 0 aliphatic rings. The summed E-state index contributed by atoms with van der Waals surface area (Å²) < 4.78 is 27.1. The summed E-state index contributed by atoms with van der Waals surface area (Å²) in [7, 11) is 0. The first kappa shape index (κ1) is 12.5. The summed E-state index contributed by atoms with van der Waals surface area (Å²) in [5, 5.41) is 9.98. The number of hydrogen-bond donors (Lipinski definition) is 1. The SMILES string of the molecule is Cc1cc(C(O)c2cccc(F)c2F)sc1Cl. The highest BCUT2D eigenvalue weighted by Crippen LogP contribution is 2.35. The van der Waals surface area contributed by atoms with E-state index < -0.39 is 17.7 Å². The van der Waals surface area contributed by atoms with Crippen molar-refractivity contribution in [2.45, 2.75) is 13.0 Å². The largest absolute Gasteiger partial charge is 0.383 e. The first-order valence-corrected chi connectivity index (χ1v) is 6.08. The lowest BCUT2D eigenvalue weighted by atomic mass is 10.1. The third kappa shape index (κ3) is 2.34. The van der Waals surface area contributed by atoms with Crippen molar-refractivity contribution in [3.63, 3.8) is 0 Å². The van der Waals surface area contributed by atoms with Gasteiger partial charge in [0.25, 0.3) is 0 Å². The fourth-order valence-electron chi connectivity index (χ4n) is 1.50. The summed E-state index contributed by atoms with van der Waals surface area (Å²) in [5.41, 5.74) is 0.727. The molecule has 2 rings (SSSR count). The normalized spacial score (nSPS) is 12.8. The van der Waals surface area contributed by atoms with Gasteiger partial charge in [-0.05, 0) is 24.6 Å². The monoisotopic (exact) mass is 274 g/mol. The fourth-order valence-corrected chi connectivity index (χ4v) is 2.73. The lowest BCUT2D eigenvalue weighted by Gasteiger charge is -2.10. The maximum atomic E-state index is 13.5. The Morgan fingerprint density at radius 2 is 2.06 bits per heavy atom. The van der Waals surface area contributed by atoms with Gasteiger partial charge >= 0.3 is 0 Å². The molecular weight excluding hydrogens is 266 g/mol. The first-order valence-electron chi connectivity index (χ1n) is 4.88. The average molecular weight is 275 g/mol. The molecule has 5 heteroatoms. The maximum Gasteiger partial charge on any atom is 0.164 e. The third-order valence-electron chi connectivity index (χ3n) is 2.42. The zero-order valence-corrected chi connectivity index (χ0v) is 10.4. The summed E-state index contributed by atoms with van der Waals surface area (Å²) in [4.78, 5) is 0.497. The molecule has 0 saturated carbocycles. The summed E-state index contributed by atoms with van der Waals surface area (Å²) in [6.45, 7) is 1.79.